The quantitative estimate of drug-likeness (QED) is 0.795. The average Bonchev–Trinajstić information content (AvgIpc) is 3.13. The van der Waals surface area contributed by atoms with Gasteiger partial charge in [0.1, 0.15) is 0 Å². The summed E-state index contributed by atoms with van der Waals surface area (Å²) < 4.78 is 0. The highest BCUT2D eigenvalue weighted by Gasteiger charge is 2.20. The SMILES string of the molecule is CN(C)c1ccncc1NC(=O)CCNC1CC1. The van der Waals surface area contributed by atoms with Gasteiger partial charge in [0.15, 0.2) is 0 Å². The highest BCUT2D eigenvalue weighted by Crippen LogP contribution is 2.22. The van der Waals surface area contributed by atoms with E-state index in [1.165, 1.54) is 12.8 Å². The molecule has 0 aromatic carbocycles. The zero-order valence-corrected chi connectivity index (χ0v) is 10.9. The Morgan fingerprint density at radius 3 is 2.94 bits per heavy atom. The van der Waals surface area contributed by atoms with Crippen LogP contribution in [0, 0.1) is 0 Å². The molecule has 18 heavy (non-hydrogen) atoms. The van der Waals surface area contributed by atoms with Gasteiger partial charge in [-0.25, -0.2) is 0 Å². The number of pyridine rings is 1. The molecule has 2 N–H and O–H groups in total. The van der Waals surface area contributed by atoms with Crippen molar-refractivity contribution in [3.8, 4) is 0 Å². The number of amides is 1. The standard InChI is InChI=1S/C13H20N4O/c1-17(2)12-5-7-14-9-11(12)16-13(18)6-8-15-10-3-4-10/h5,7,9-10,15H,3-4,6,8H2,1-2H3,(H,16,18). The molecule has 5 nitrogen and oxygen atoms in total. The minimum atomic E-state index is 0.0271. The first-order chi connectivity index (χ1) is 8.66. The Bertz CT molecular complexity index is 415. The lowest BCUT2D eigenvalue weighted by atomic mass is 10.3. The summed E-state index contributed by atoms with van der Waals surface area (Å²) in [6.07, 6.45) is 6.39. The predicted molar refractivity (Wildman–Crippen MR) is 72.8 cm³/mol. The second-order valence-corrected chi connectivity index (χ2v) is 4.81. The van der Waals surface area contributed by atoms with Gasteiger partial charge < -0.3 is 15.5 Å². The van der Waals surface area contributed by atoms with Crippen LogP contribution in [0.25, 0.3) is 0 Å². The maximum absolute atomic E-state index is 11.8. The van der Waals surface area contributed by atoms with Gasteiger partial charge in [0.05, 0.1) is 17.6 Å². The fraction of sp³-hybridized carbons (Fsp3) is 0.538. The first-order valence-corrected chi connectivity index (χ1v) is 6.31. The van der Waals surface area contributed by atoms with Crippen LogP contribution in [0.15, 0.2) is 18.5 Å². The first-order valence-electron chi connectivity index (χ1n) is 6.31. The van der Waals surface area contributed by atoms with Gasteiger partial charge in [-0.05, 0) is 18.9 Å². The highest BCUT2D eigenvalue weighted by atomic mass is 16.1. The van der Waals surface area contributed by atoms with Crippen LogP contribution < -0.4 is 15.5 Å². The summed E-state index contributed by atoms with van der Waals surface area (Å²) in [7, 11) is 3.89. The van der Waals surface area contributed by atoms with Crippen molar-refractivity contribution in [3.05, 3.63) is 18.5 Å². The number of hydrogen-bond acceptors (Lipinski definition) is 4. The second kappa shape index (κ2) is 5.82. The normalized spacial score (nSPS) is 14.3. The van der Waals surface area contributed by atoms with Gasteiger partial charge in [0.25, 0.3) is 0 Å². The third kappa shape index (κ3) is 3.70. The van der Waals surface area contributed by atoms with Gasteiger partial charge in [0.2, 0.25) is 5.91 Å². The summed E-state index contributed by atoms with van der Waals surface area (Å²) in [5.74, 6) is 0.0271. The number of aromatic nitrogens is 1. The molecule has 0 spiro atoms. The van der Waals surface area contributed by atoms with Gasteiger partial charge in [0, 0.05) is 39.3 Å². The molecule has 0 unspecified atom stereocenters. The molecule has 1 saturated carbocycles. The molecule has 0 atom stereocenters. The number of anilines is 2. The summed E-state index contributed by atoms with van der Waals surface area (Å²) >= 11 is 0. The number of rotatable bonds is 6. The van der Waals surface area contributed by atoms with Gasteiger partial charge in [-0.3, -0.25) is 9.78 Å². The van der Waals surface area contributed by atoms with Crippen LogP contribution in [0.2, 0.25) is 0 Å². The lowest BCUT2D eigenvalue weighted by molar-refractivity contribution is -0.116. The Morgan fingerprint density at radius 1 is 1.50 bits per heavy atom. The van der Waals surface area contributed by atoms with Crippen molar-refractivity contribution in [3.63, 3.8) is 0 Å². The molecule has 1 amide bonds. The largest absolute Gasteiger partial charge is 0.376 e. The molecule has 0 radical (unpaired) electrons. The molecule has 1 aromatic rings. The molecule has 1 heterocycles. The van der Waals surface area contributed by atoms with Gasteiger partial charge in [-0.15, -0.1) is 0 Å². The van der Waals surface area contributed by atoms with E-state index in [9.17, 15) is 4.79 Å². The summed E-state index contributed by atoms with van der Waals surface area (Å²) in [6.45, 7) is 0.744. The third-order valence-electron chi connectivity index (χ3n) is 2.92. The van der Waals surface area contributed by atoms with Crippen molar-refractivity contribution < 1.29 is 4.79 Å². The van der Waals surface area contributed by atoms with E-state index in [4.69, 9.17) is 0 Å². The van der Waals surface area contributed by atoms with Gasteiger partial charge in [-0.2, -0.15) is 0 Å². The van der Waals surface area contributed by atoms with Crippen LogP contribution in [-0.2, 0) is 4.79 Å². The monoisotopic (exact) mass is 248 g/mol. The number of hydrogen-bond donors (Lipinski definition) is 2. The van der Waals surface area contributed by atoms with Crippen LogP contribution in [0.1, 0.15) is 19.3 Å². The Labute approximate surface area is 108 Å². The van der Waals surface area contributed by atoms with Crippen molar-refractivity contribution in [2.24, 2.45) is 0 Å². The molecule has 1 fully saturated rings. The molecule has 0 bridgehead atoms. The van der Waals surface area contributed by atoms with Crippen LogP contribution >= 0.6 is 0 Å². The number of carbonyl (C=O) groups is 1. The zero-order valence-electron chi connectivity index (χ0n) is 10.9. The average molecular weight is 248 g/mol. The smallest absolute Gasteiger partial charge is 0.225 e. The Morgan fingerprint density at radius 2 is 2.28 bits per heavy atom. The zero-order chi connectivity index (χ0) is 13.0. The van der Waals surface area contributed by atoms with E-state index in [-0.39, 0.29) is 5.91 Å². The number of nitrogens with zero attached hydrogens (tertiary/aromatic N) is 2. The number of carbonyl (C=O) groups excluding carboxylic acids is 1. The predicted octanol–water partition coefficient (Wildman–Crippen LogP) is 1.23. The fourth-order valence-electron chi connectivity index (χ4n) is 1.76. The molecule has 98 valence electrons. The Hall–Kier alpha value is -1.62. The minimum Gasteiger partial charge on any atom is -0.376 e. The van der Waals surface area contributed by atoms with Crippen LogP contribution in [-0.4, -0.2) is 37.6 Å². The molecule has 1 aliphatic carbocycles. The summed E-state index contributed by atoms with van der Waals surface area (Å²) in [5, 5.41) is 6.23. The molecule has 0 aliphatic heterocycles. The Balaban J connectivity index is 1.85. The van der Waals surface area contributed by atoms with E-state index < -0.39 is 0 Å². The minimum absolute atomic E-state index is 0.0271. The first kappa shape index (κ1) is 12.8. The van der Waals surface area contributed by atoms with Crippen molar-refractivity contribution in [1.29, 1.82) is 0 Å². The van der Waals surface area contributed by atoms with Crippen molar-refractivity contribution in [1.82, 2.24) is 10.3 Å². The molecular formula is C13H20N4O. The third-order valence-corrected chi connectivity index (χ3v) is 2.92. The molecule has 5 heteroatoms. The van der Waals surface area contributed by atoms with Gasteiger partial charge >= 0.3 is 0 Å². The maximum atomic E-state index is 11.8. The van der Waals surface area contributed by atoms with E-state index in [0.717, 1.165) is 17.9 Å². The summed E-state index contributed by atoms with van der Waals surface area (Å²) in [6, 6.07) is 2.53. The molecular weight excluding hydrogens is 228 g/mol. The van der Waals surface area contributed by atoms with Crippen molar-refractivity contribution >= 4 is 17.3 Å². The van der Waals surface area contributed by atoms with E-state index >= 15 is 0 Å². The highest BCUT2D eigenvalue weighted by molar-refractivity contribution is 5.94. The second-order valence-electron chi connectivity index (χ2n) is 4.81. The Kier molecular flexibility index (Phi) is 4.15. The van der Waals surface area contributed by atoms with E-state index in [0.29, 0.717) is 12.5 Å². The topological polar surface area (TPSA) is 57.3 Å². The maximum Gasteiger partial charge on any atom is 0.225 e. The van der Waals surface area contributed by atoms with Crippen LogP contribution in [0.5, 0.6) is 0 Å². The van der Waals surface area contributed by atoms with E-state index in [1.807, 2.05) is 25.1 Å². The lowest BCUT2D eigenvalue weighted by Crippen LogP contribution is -2.24. The summed E-state index contributed by atoms with van der Waals surface area (Å²) in [4.78, 5) is 17.8. The number of nitrogens with one attached hydrogen (secondary N) is 2. The van der Waals surface area contributed by atoms with E-state index in [2.05, 4.69) is 15.6 Å². The van der Waals surface area contributed by atoms with Crippen LogP contribution in [0.4, 0.5) is 11.4 Å². The molecule has 1 aromatic heterocycles. The molecule has 2 rings (SSSR count). The molecule has 0 saturated heterocycles. The lowest BCUT2D eigenvalue weighted by Gasteiger charge is -2.17. The van der Waals surface area contributed by atoms with Gasteiger partial charge in [-0.1, -0.05) is 0 Å². The fourth-order valence-corrected chi connectivity index (χ4v) is 1.76. The van der Waals surface area contributed by atoms with Crippen molar-refractivity contribution in [2.45, 2.75) is 25.3 Å². The van der Waals surface area contributed by atoms with Crippen molar-refractivity contribution in [2.75, 3.05) is 30.9 Å². The molecule has 1 aliphatic rings. The van der Waals surface area contributed by atoms with E-state index in [1.54, 1.807) is 12.4 Å². The van der Waals surface area contributed by atoms with Crippen LogP contribution in [0.3, 0.4) is 0 Å². The summed E-state index contributed by atoms with van der Waals surface area (Å²) in [5.41, 5.74) is 1.73.